The van der Waals surface area contributed by atoms with Crippen LogP contribution in [0.4, 0.5) is 0 Å². The Hall–Kier alpha value is -1.10. The van der Waals surface area contributed by atoms with Crippen molar-refractivity contribution in [3.05, 3.63) is 34.9 Å². The van der Waals surface area contributed by atoms with Gasteiger partial charge >= 0.3 is 0 Å². The largest absolute Gasteiger partial charge is 0.378 e. The molecule has 1 aliphatic rings. The van der Waals surface area contributed by atoms with Crippen molar-refractivity contribution >= 4 is 17.5 Å². The van der Waals surface area contributed by atoms with Crippen molar-refractivity contribution in [3.63, 3.8) is 0 Å². The van der Waals surface area contributed by atoms with Gasteiger partial charge in [-0.3, -0.25) is 4.79 Å². The highest BCUT2D eigenvalue weighted by Gasteiger charge is 2.18. The van der Waals surface area contributed by atoms with Crippen LogP contribution < -0.4 is 10.6 Å². The first-order valence-electron chi connectivity index (χ1n) is 6.51. The van der Waals surface area contributed by atoms with Gasteiger partial charge in [-0.25, -0.2) is 0 Å². The van der Waals surface area contributed by atoms with Crippen LogP contribution in [0.1, 0.15) is 24.9 Å². The van der Waals surface area contributed by atoms with Gasteiger partial charge in [-0.05, 0) is 18.6 Å². The molecule has 1 fully saturated rings. The third kappa shape index (κ3) is 4.20. The molecular formula is C14H19ClN2O2. The van der Waals surface area contributed by atoms with Gasteiger partial charge < -0.3 is 15.4 Å². The van der Waals surface area contributed by atoms with Gasteiger partial charge in [0.05, 0.1) is 19.3 Å². The minimum atomic E-state index is -0.0919. The summed E-state index contributed by atoms with van der Waals surface area (Å²) in [6, 6.07) is 7.56. The first kappa shape index (κ1) is 14.3. The molecule has 1 aliphatic heterocycles. The van der Waals surface area contributed by atoms with E-state index in [2.05, 4.69) is 10.6 Å². The second-order valence-corrected chi connectivity index (χ2v) is 5.15. The van der Waals surface area contributed by atoms with Gasteiger partial charge in [0.25, 0.3) is 0 Å². The van der Waals surface area contributed by atoms with E-state index in [0.29, 0.717) is 24.7 Å². The average Bonchev–Trinajstić information content (AvgIpc) is 2.40. The quantitative estimate of drug-likeness (QED) is 0.887. The number of hydrogen-bond donors (Lipinski definition) is 2. The molecule has 1 heterocycles. The molecule has 0 spiro atoms. The molecule has 0 radical (unpaired) electrons. The number of nitrogens with one attached hydrogen (secondary N) is 2. The third-order valence-corrected chi connectivity index (χ3v) is 3.52. The molecule has 2 unspecified atom stereocenters. The Balaban J connectivity index is 1.86. The smallest absolute Gasteiger partial charge is 0.222 e. The lowest BCUT2D eigenvalue weighted by molar-refractivity contribution is -0.122. The first-order chi connectivity index (χ1) is 9.16. The number of amides is 1. The number of ether oxygens (including phenoxy) is 1. The van der Waals surface area contributed by atoms with Crippen LogP contribution in [0.5, 0.6) is 0 Å². The van der Waals surface area contributed by atoms with Crippen molar-refractivity contribution in [2.75, 3.05) is 19.8 Å². The molecule has 0 aliphatic carbocycles. The average molecular weight is 283 g/mol. The minimum absolute atomic E-state index is 0.00965. The summed E-state index contributed by atoms with van der Waals surface area (Å²) in [4.78, 5) is 12.0. The Morgan fingerprint density at radius 2 is 2.37 bits per heavy atom. The Labute approximate surface area is 118 Å². The van der Waals surface area contributed by atoms with Crippen LogP contribution in [-0.2, 0) is 9.53 Å². The summed E-state index contributed by atoms with van der Waals surface area (Å²) in [6.07, 6.45) is 0.425. The lowest BCUT2D eigenvalue weighted by Gasteiger charge is -2.24. The van der Waals surface area contributed by atoms with E-state index in [1.54, 1.807) is 0 Å². The molecular weight excluding hydrogens is 264 g/mol. The zero-order valence-electron chi connectivity index (χ0n) is 11.0. The molecule has 4 nitrogen and oxygen atoms in total. The summed E-state index contributed by atoms with van der Waals surface area (Å²) in [5.74, 6) is 0.00965. The fourth-order valence-electron chi connectivity index (χ4n) is 2.18. The van der Waals surface area contributed by atoms with Gasteiger partial charge in [-0.1, -0.05) is 29.8 Å². The lowest BCUT2D eigenvalue weighted by atomic mass is 10.1. The predicted octanol–water partition coefficient (Wildman–Crippen LogP) is 1.90. The van der Waals surface area contributed by atoms with Crippen LogP contribution in [0.3, 0.4) is 0 Å². The third-order valence-electron chi connectivity index (χ3n) is 3.18. The van der Waals surface area contributed by atoms with Crippen LogP contribution in [-0.4, -0.2) is 31.7 Å². The van der Waals surface area contributed by atoms with Crippen LogP contribution in [0.15, 0.2) is 24.3 Å². The Bertz CT molecular complexity index is 433. The summed E-state index contributed by atoms with van der Waals surface area (Å²) in [7, 11) is 0. The Kier molecular flexibility index (Phi) is 5.19. The molecule has 1 amide bonds. The van der Waals surface area contributed by atoms with Gasteiger partial charge in [0, 0.05) is 24.0 Å². The maximum atomic E-state index is 12.0. The monoisotopic (exact) mass is 282 g/mol. The molecule has 1 aromatic carbocycles. The zero-order chi connectivity index (χ0) is 13.7. The summed E-state index contributed by atoms with van der Waals surface area (Å²) in [5.41, 5.74) is 0.936. The molecule has 1 aromatic rings. The molecule has 104 valence electrons. The standard InChI is InChI=1S/C14H19ClN2O2/c1-10(12-4-2-3-5-13(12)15)17-14(18)8-11-9-19-7-6-16-11/h2-5,10-11,16H,6-9H2,1H3,(H,17,18). The molecule has 5 heteroatoms. The van der Waals surface area contributed by atoms with Crippen molar-refractivity contribution in [2.45, 2.75) is 25.4 Å². The maximum absolute atomic E-state index is 12.0. The molecule has 2 atom stereocenters. The van der Waals surface area contributed by atoms with Crippen LogP contribution in [0.25, 0.3) is 0 Å². The number of carbonyl (C=O) groups excluding carboxylic acids is 1. The molecule has 2 rings (SSSR count). The molecule has 19 heavy (non-hydrogen) atoms. The van der Waals surface area contributed by atoms with E-state index >= 15 is 0 Å². The highest BCUT2D eigenvalue weighted by molar-refractivity contribution is 6.31. The highest BCUT2D eigenvalue weighted by atomic mass is 35.5. The van der Waals surface area contributed by atoms with Crippen molar-refractivity contribution < 1.29 is 9.53 Å². The molecule has 0 bridgehead atoms. The van der Waals surface area contributed by atoms with Crippen LogP contribution >= 0.6 is 11.6 Å². The summed E-state index contributed by atoms with van der Waals surface area (Å²) >= 11 is 6.11. The number of morpholine rings is 1. The molecule has 0 saturated carbocycles. The van der Waals surface area contributed by atoms with Crippen LogP contribution in [0, 0.1) is 0 Å². The van der Waals surface area contributed by atoms with Gasteiger partial charge in [0.15, 0.2) is 0 Å². The van der Waals surface area contributed by atoms with E-state index in [-0.39, 0.29) is 18.0 Å². The Morgan fingerprint density at radius 1 is 1.58 bits per heavy atom. The molecule has 1 saturated heterocycles. The predicted molar refractivity (Wildman–Crippen MR) is 75.2 cm³/mol. The lowest BCUT2D eigenvalue weighted by Crippen LogP contribution is -2.44. The van der Waals surface area contributed by atoms with Crippen LogP contribution in [0.2, 0.25) is 5.02 Å². The van der Waals surface area contributed by atoms with Gasteiger partial charge in [0.1, 0.15) is 0 Å². The van der Waals surface area contributed by atoms with Gasteiger partial charge in [0.2, 0.25) is 5.91 Å². The summed E-state index contributed by atoms with van der Waals surface area (Å²) in [5, 5.41) is 6.90. The number of hydrogen-bond acceptors (Lipinski definition) is 3. The van der Waals surface area contributed by atoms with E-state index < -0.39 is 0 Å². The zero-order valence-corrected chi connectivity index (χ0v) is 11.7. The maximum Gasteiger partial charge on any atom is 0.222 e. The van der Waals surface area contributed by atoms with E-state index in [0.717, 1.165) is 12.1 Å². The van der Waals surface area contributed by atoms with E-state index in [1.807, 2.05) is 31.2 Å². The van der Waals surface area contributed by atoms with Gasteiger partial charge in [-0.2, -0.15) is 0 Å². The number of benzene rings is 1. The van der Waals surface area contributed by atoms with Crippen molar-refractivity contribution in [2.24, 2.45) is 0 Å². The van der Waals surface area contributed by atoms with Crippen molar-refractivity contribution in [1.82, 2.24) is 10.6 Å². The second kappa shape index (κ2) is 6.89. The van der Waals surface area contributed by atoms with E-state index in [9.17, 15) is 4.79 Å². The van der Waals surface area contributed by atoms with E-state index in [1.165, 1.54) is 0 Å². The van der Waals surface area contributed by atoms with E-state index in [4.69, 9.17) is 16.3 Å². The minimum Gasteiger partial charge on any atom is -0.378 e. The fourth-order valence-corrected chi connectivity index (χ4v) is 2.48. The fraction of sp³-hybridized carbons (Fsp3) is 0.500. The molecule has 2 N–H and O–H groups in total. The normalized spacial score (nSPS) is 20.8. The highest BCUT2D eigenvalue weighted by Crippen LogP contribution is 2.22. The summed E-state index contributed by atoms with van der Waals surface area (Å²) in [6.45, 7) is 4.05. The first-order valence-corrected chi connectivity index (χ1v) is 6.89. The van der Waals surface area contributed by atoms with Gasteiger partial charge in [-0.15, -0.1) is 0 Å². The number of carbonyl (C=O) groups is 1. The number of rotatable bonds is 4. The number of halogens is 1. The SMILES string of the molecule is CC(NC(=O)CC1COCCN1)c1ccccc1Cl. The summed E-state index contributed by atoms with van der Waals surface area (Å²) < 4.78 is 5.33. The molecule has 0 aromatic heterocycles. The van der Waals surface area contributed by atoms with Crippen molar-refractivity contribution in [1.29, 1.82) is 0 Å². The van der Waals surface area contributed by atoms with Crippen molar-refractivity contribution in [3.8, 4) is 0 Å². The second-order valence-electron chi connectivity index (χ2n) is 4.74. The topological polar surface area (TPSA) is 50.4 Å². The Morgan fingerprint density at radius 3 is 3.05 bits per heavy atom.